The number of ether oxygens (including phenoxy) is 2. The van der Waals surface area contributed by atoms with Crippen molar-refractivity contribution in [1.29, 1.82) is 0 Å². The summed E-state index contributed by atoms with van der Waals surface area (Å²) in [6.45, 7) is 4.08. The van der Waals surface area contributed by atoms with E-state index in [1.165, 1.54) is 25.7 Å². The van der Waals surface area contributed by atoms with E-state index in [2.05, 4.69) is 74.6 Å². The molecule has 1 unspecified atom stereocenters. The topological polar surface area (TPSA) is 125 Å². The maximum Gasteiger partial charge on any atom is 0.472 e. The van der Waals surface area contributed by atoms with Crippen molar-refractivity contribution in [3.63, 3.8) is 0 Å². The molecule has 2 atom stereocenters. The van der Waals surface area contributed by atoms with Gasteiger partial charge >= 0.3 is 19.8 Å². The molecular weight excluding hydrogens is 790 g/mol. The first kappa shape index (κ1) is 57.6. The highest BCUT2D eigenvalue weighted by atomic mass is 31.2. The molecule has 0 aromatic rings. The van der Waals surface area contributed by atoms with E-state index in [1.807, 2.05) is 45.4 Å². The molecule has 0 bridgehead atoms. The zero-order chi connectivity index (χ0) is 45.1. The number of nitrogens with zero attached hydrogens (tertiary/aromatic N) is 1. The third-order valence-corrected chi connectivity index (χ3v) is 10.0. The third kappa shape index (κ3) is 44.5. The summed E-state index contributed by atoms with van der Waals surface area (Å²) in [5.41, 5.74) is 0. The molecule has 0 aromatic heterocycles. The minimum Gasteiger partial charge on any atom is -0.462 e. The first-order valence-corrected chi connectivity index (χ1v) is 24.4. The molecule has 0 saturated heterocycles. The number of allylic oxidation sites excluding steroid dienone is 16. The molecule has 0 aliphatic heterocycles. The van der Waals surface area contributed by atoms with Crippen LogP contribution < -0.4 is 0 Å². The number of phosphoric ester groups is 1. The van der Waals surface area contributed by atoms with Crippen LogP contribution in [0.15, 0.2) is 97.2 Å². The highest BCUT2D eigenvalue weighted by molar-refractivity contribution is 7.47. The average Bonchev–Trinajstić information content (AvgIpc) is 3.21. The van der Waals surface area contributed by atoms with Crippen LogP contribution in [0.2, 0.25) is 0 Å². The number of likely N-dealkylation sites (N-methyl/N-ethyl adjacent to an activating group) is 1. The van der Waals surface area contributed by atoms with E-state index in [1.54, 1.807) is 12.2 Å². The van der Waals surface area contributed by atoms with Gasteiger partial charge in [-0.25, -0.2) is 4.57 Å². The molecule has 0 heterocycles. The Bertz CT molecular complexity index is 1420. The largest absolute Gasteiger partial charge is 0.472 e. The maximum atomic E-state index is 12.7. The van der Waals surface area contributed by atoms with Crippen LogP contribution in [0.5, 0.6) is 0 Å². The Balaban J connectivity index is 4.56. The summed E-state index contributed by atoms with van der Waals surface area (Å²) in [6.07, 6.45) is 50.2. The number of hydrogen-bond acceptors (Lipinski definition) is 8. The number of carbonyl (C=O) groups excluding carboxylic acids is 3. The molecule has 0 amide bonds. The quantitative estimate of drug-likeness (QED) is 0.0122. The van der Waals surface area contributed by atoms with Crippen molar-refractivity contribution in [2.75, 3.05) is 47.5 Å². The van der Waals surface area contributed by atoms with Crippen molar-refractivity contribution >= 4 is 25.5 Å². The first-order chi connectivity index (χ1) is 29.4. The van der Waals surface area contributed by atoms with Crippen molar-refractivity contribution in [1.82, 2.24) is 0 Å². The zero-order valence-corrected chi connectivity index (χ0v) is 39.5. The normalized spacial score (nSPS) is 14.3. The zero-order valence-electron chi connectivity index (χ0n) is 38.6. The second-order valence-corrected chi connectivity index (χ2v) is 17.6. The Labute approximate surface area is 370 Å². The van der Waals surface area contributed by atoms with Crippen LogP contribution in [0.25, 0.3) is 0 Å². The van der Waals surface area contributed by atoms with Crippen LogP contribution >= 0.6 is 7.82 Å². The van der Waals surface area contributed by atoms with Gasteiger partial charge in [-0.3, -0.25) is 23.4 Å². The summed E-state index contributed by atoms with van der Waals surface area (Å²) in [7, 11) is 1.37. The summed E-state index contributed by atoms with van der Waals surface area (Å²) in [5, 5.41) is 0. The fraction of sp³-hybridized carbons (Fsp3) is 0.620. The van der Waals surface area contributed by atoms with Gasteiger partial charge in [0.2, 0.25) is 0 Å². The summed E-state index contributed by atoms with van der Waals surface area (Å²) in [6, 6.07) is 0. The lowest BCUT2D eigenvalue weighted by molar-refractivity contribution is -0.870. The van der Waals surface area contributed by atoms with E-state index < -0.39 is 32.5 Å². The van der Waals surface area contributed by atoms with Gasteiger partial charge in [0.05, 0.1) is 27.7 Å². The van der Waals surface area contributed by atoms with E-state index in [4.69, 9.17) is 18.5 Å². The van der Waals surface area contributed by atoms with E-state index in [0.717, 1.165) is 70.6 Å². The highest BCUT2D eigenvalue weighted by Gasteiger charge is 2.27. The van der Waals surface area contributed by atoms with Gasteiger partial charge in [-0.1, -0.05) is 137 Å². The van der Waals surface area contributed by atoms with Gasteiger partial charge in [0.25, 0.3) is 0 Å². The number of hydrogen-bond donors (Lipinski definition) is 1. The summed E-state index contributed by atoms with van der Waals surface area (Å²) < 4.78 is 34.2. The first-order valence-electron chi connectivity index (χ1n) is 22.9. The van der Waals surface area contributed by atoms with Gasteiger partial charge in [0.1, 0.15) is 19.8 Å². The molecule has 0 aliphatic rings. The highest BCUT2D eigenvalue weighted by Crippen LogP contribution is 2.43. The molecule has 0 aliphatic carbocycles. The fourth-order valence-electron chi connectivity index (χ4n) is 5.41. The third-order valence-electron chi connectivity index (χ3n) is 9.06. The van der Waals surface area contributed by atoms with Gasteiger partial charge in [-0.2, -0.15) is 0 Å². The smallest absolute Gasteiger partial charge is 0.462 e. The van der Waals surface area contributed by atoms with Gasteiger partial charge in [0.15, 0.2) is 11.9 Å². The molecule has 0 saturated carbocycles. The molecule has 346 valence electrons. The van der Waals surface area contributed by atoms with Gasteiger partial charge in [-0.05, 0) is 89.5 Å². The number of ketones is 1. The number of quaternary nitrogens is 1. The Morgan fingerprint density at radius 2 is 1.05 bits per heavy atom. The van der Waals surface area contributed by atoms with E-state index in [0.29, 0.717) is 36.7 Å². The fourth-order valence-corrected chi connectivity index (χ4v) is 6.15. The standard InChI is InChI=1S/C50H82NO9P/c1-6-8-10-11-12-13-14-15-16-17-18-19-20-21-24-27-30-33-37-41-49(53)57-45-48(46-59-61(55,56)58-44-43-51(3,4)5)60-50(54)42-38-34-31-28-25-22-23-26-29-32-36-40-47(52)39-35-9-7-2/h12-13,15-16,18-19,21-24,28-29,31-32,36,40,48H,6-11,14,17,20,25-27,30,33-35,37-39,41-46H2,1-5H3/p+1/b13-12-,16-15-,19-18-,23-22-,24-21-,31-28-,32-29-,40-36+/t48-/m1/s1. The van der Waals surface area contributed by atoms with Crippen LogP contribution in [0.4, 0.5) is 0 Å². The number of esters is 2. The van der Waals surface area contributed by atoms with Gasteiger partial charge < -0.3 is 18.9 Å². The predicted octanol–water partition coefficient (Wildman–Crippen LogP) is 12.5. The second kappa shape index (κ2) is 40.7. The van der Waals surface area contributed by atoms with Crippen molar-refractivity contribution in [2.24, 2.45) is 0 Å². The van der Waals surface area contributed by atoms with E-state index >= 15 is 0 Å². The van der Waals surface area contributed by atoms with E-state index in [9.17, 15) is 23.8 Å². The maximum absolute atomic E-state index is 12.7. The molecule has 0 radical (unpaired) electrons. The molecule has 11 heteroatoms. The van der Waals surface area contributed by atoms with Crippen LogP contribution in [0, 0.1) is 0 Å². The lowest BCUT2D eigenvalue weighted by atomic mass is 10.1. The number of phosphoric acid groups is 1. The number of unbranched alkanes of at least 4 members (excludes halogenated alkanes) is 9. The van der Waals surface area contributed by atoms with E-state index in [-0.39, 0.29) is 31.8 Å². The summed E-state index contributed by atoms with van der Waals surface area (Å²) in [5.74, 6) is -0.780. The Hall–Kier alpha value is -3.40. The number of carbonyl (C=O) groups is 3. The lowest BCUT2D eigenvalue weighted by Gasteiger charge is -2.24. The Morgan fingerprint density at radius 3 is 1.62 bits per heavy atom. The number of rotatable bonds is 40. The van der Waals surface area contributed by atoms with Crippen LogP contribution in [-0.2, 0) is 37.5 Å². The second-order valence-electron chi connectivity index (χ2n) is 16.1. The van der Waals surface area contributed by atoms with Crippen LogP contribution in [0.3, 0.4) is 0 Å². The van der Waals surface area contributed by atoms with Gasteiger partial charge in [-0.15, -0.1) is 0 Å². The summed E-state index contributed by atoms with van der Waals surface area (Å²) in [4.78, 5) is 47.1. The SMILES string of the molecule is CCCCC/C=C\C/C=C\C/C=C\C/C=C\CCCCCC(=O)OC[C@H](COP(=O)(O)OCC[N+](C)(C)C)OC(=O)CCC/C=C\C/C=C\C/C=C\C=C\C(=O)CCCCC. The monoisotopic (exact) mass is 873 g/mol. The summed E-state index contributed by atoms with van der Waals surface area (Å²) >= 11 is 0. The molecule has 0 spiro atoms. The lowest BCUT2D eigenvalue weighted by Crippen LogP contribution is -2.37. The molecule has 0 fully saturated rings. The Morgan fingerprint density at radius 1 is 0.557 bits per heavy atom. The average molecular weight is 873 g/mol. The van der Waals surface area contributed by atoms with Crippen molar-refractivity contribution in [3.05, 3.63) is 97.2 Å². The minimum absolute atomic E-state index is 0.000429. The minimum atomic E-state index is -4.42. The molecule has 0 aromatic carbocycles. The van der Waals surface area contributed by atoms with Crippen molar-refractivity contribution in [2.45, 2.75) is 155 Å². The molecule has 61 heavy (non-hydrogen) atoms. The molecule has 10 nitrogen and oxygen atoms in total. The van der Waals surface area contributed by atoms with Crippen molar-refractivity contribution < 1.29 is 46.8 Å². The molecular formula is C50H83NO9P+. The van der Waals surface area contributed by atoms with Crippen molar-refractivity contribution in [3.8, 4) is 0 Å². The Kier molecular flexibility index (Phi) is 38.4. The molecule has 0 rings (SSSR count). The van der Waals surface area contributed by atoms with Gasteiger partial charge in [0, 0.05) is 19.3 Å². The predicted molar refractivity (Wildman–Crippen MR) is 252 cm³/mol. The van der Waals surface area contributed by atoms with Crippen LogP contribution in [-0.4, -0.2) is 80.7 Å². The van der Waals surface area contributed by atoms with Crippen LogP contribution in [0.1, 0.15) is 149 Å². The molecule has 1 N–H and O–H groups in total.